The molecule has 3 rings (SSSR count). The van der Waals surface area contributed by atoms with Crippen molar-refractivity contribution in [3.63, 3.8) is 0 Å². The number of primary amides is 1. The van der Waals surface area contributed by atoms with Gasteiger partial charge in [0.2, 0.25) is 5.91 Å². The lowest BCUT2D eigenvalue weighted by Crippen LogP contribution is -2.50. The Bertz CT molecular complexity index is 1020. The minimum Gasteiger partial charge on any atom is -0.497 e. The number of benzene rings is 2. The Morgan fingerprint density at radius 1 is 1.06 bits per heavy atom. The fourth-order valence-electron chi connectivity index (χ4n) is 3.03. The number of methoxy groups -OCH3 is 2. The van der Waals surface area contributed by atoms with Gasteiger partial charge in [0.25, 0.3) is 11.8 Å². The maximum absolute atomic E-state index is 13.2. The number of carbonyl (C=O) groups excluding carboxylic acids is 4. The van der Waals surface area contributed by atoms with E-state index >= 15 is 0 Å². The summed E-state index contributed by atoms with van der Waals surface area (Å²) in [5, 5.41) is 0.727. The molecule has 1 heterocycles. The summed E-state index contributed by atoms with van der Waals surface area (Å²) in [5.41, 5.74) is 7.71. The molecule has 1 saturated heterocycles. The normalized spacial score (nSPS) is 15.8. The van der Waals surface area contributed by atoms with Crippen LogP contribution in [-0.2, 0) is 9.59 Å². The maximum atomic E-state index is 13.2. The van der Waals surface area contributed by atoms with Crippen molar-refractivity contribution in [2.75, 3.05) is 19.1 Å². The molecule has 1 aliphatic heterocycles. The van der Waals surface area contributed by atoms with E-state index in [1.165, 1.54) is 38.5 Å². The third-order valence-corrected chi connectivity index (χ3v) is 4.53. The van der Waals surface area contributed by atoms with Gasteiger partial charge >= 0.3 is 6.03 Å². The summed E-state index contributed by atoms with van der Waals surface area (Å²) >= 11 is 0. The number of carbonyl (C=O) groups is 4. The zero-order valence-electron chi connectivity index (χ0n) is 16.6. The van der Waals surface area contributed by atoms with E-state index in [1.807, 2.05) is 0 Å². The van der Waals surface area contributed by atoms with Crippen LogP contribution in [0.5, 0.6) is 11.5 Å². The van der Waals surface area contributed by atoms with Crippen LogP contribution in [0.25, 0.3) is 0 Å². The van der Waals surface area contributed by atoms with Crippen molar-refractivity contribution in [3.05, 3.63) is 53.8 Å². The lowest BCUT2D eigenvalue weighted by atomic mass is 10.1. The van der Waals surface area contributed by atoms with E-state index in [-0.39, 0.29) is 11.3 Å². The second-order valence-corrected chi connectivity index (χ2v) is 6.53. The van der Waals surface area contributed by atoms with Gasteiger partial charge in [-0.2, -0.15) is 0 Å². The molecule has 31 heavy (non-hydrogen) atoms. The number of imide groups is 1. The van der Waals surface area contributed by atoms with Crippen LogP contribution < -0.4 is 25.5 Å². The number of hydrogen-bond acceptors (Lipinski definition) is 6. The highest BCUT2D eigenvalue weighted by Crippen LogP contribution is 2.27. The zero-order valence-corrected chi connectivity index (χ0v) is 16.6. The highest BCUT2D eigenvalue weighted by molar-refractivity contribution is 6.22. The topological polar surface area (TPSA) is 131 Å². The molecule has 0 unspecified atom stereocenters. The van der Waals surface area contributed by atoms with Crippen LogP contribution in [0.3, 0.4) is 0 Å². The molecule has 2 aromatic rings. The lowest BCUT2D eigenvalue weighted by Gasteiger charge is -2.22. The molecule has 0 aromatic heterocycles. The Balaban J connectivity index is 1.93. The predicted molar refractivity (Wildman–Crippen MR) is 106 cm³/mol. The number of halogens is 1. The molecular formula is C20H19FN4O6. The second kappa shape index (κ2) is 8.69. The predicted octanol–water partition coefficient (Wildman–Crippen LogP) is 1.20. The van der Waals surface area contributed by atoms with Gasteiger partial charge in [-0.15, -0.1) is 0 Å². The number of hydrazine groups is 1. The monoisotopic (exact) mass is 430 g/mol. The van der Waals surface area contributed by atoms with Crippen LogP contribution >= 0.6 is 0 Å². The van der Waals surface area contributed by atoms with Crippen molar-refractivity contribution in [3.8, 4) is 11.5 Å². The quantitative estimate of drug-likeness (QED) is 0.635. The van der Waals surface area contributed by atoms with Crippen molar-refractivity contribution in [1.29, 1.82) is 0 Å². The maximum Gasteiger partial charge on any atom is 0.350 e. The van der Waals surface area contributed by atoms with Crippen molar-refractivity contribution in [2.24, 2.45) is 5.73 Å². The molecule has 0 saturated carbocycles. The first kappa shape index (κ1) is 21.6. The molecule has 0 aliphatic carbocycles. The molecule has 1 aliphatic rings. The molecule has 2 aromatic carbocycles. The highest BCUT2D eigenvalue weighted by atomic mass is 19.1. The van der Waals surface area contributed by atoms with Crippen molar-refractivity contribution >= 4 is 29.4 Å². The van der Waals surface area contributed by atoms with E-state index in [4.69, 9.17) is 15.2 Å². The van der Waals surface area contributed by atoms with E-state index in [9.17, 15) is 23.6 Å². The summed E-state index contributed by atoms with van der Waals surface area (Å²) < 4.78 is 23.5. The Morgan fingerprint density at radius 2 is 1.65 bits per heavy atom. The first-order chi connectivity index (χ1) is 14.7. The summed E-state index contributed by atoms with van der Waals surface area (Å²) in [5.74, 6) is -2.30. The molecule has 1 atom stereocenters. The van der Waals surface area contributed by atoms with Gasteiger partial charge in [-0.25, -0.2) is 19.1 Å². The summed E-state index contributed by atoms with van der Waals surface area (Å²) in [4.78, 5) is 50.8. The van der Waals surface area contributed by atoms with Gasteiger partial charge in [-0.05, 0) is 36.4 Å². The standard InChI is InChI=1S/C20H19FN4O6/c1-30-14-7-11(8-15(9-14)31-2)18(27)23-25-16(10-17(22)26)19(28)24(20(25)29)13-5-3-12(21)4-6-13/h3-9,16H,10H2,1-2H3,(H2,22,26)(H,23,27)/t16-/m0/s1. The molecule has 162 valence electrons. The van der Waals surface area contributed by atoms with Gasteiger partial charge in [-0.3, -0.25) is 19.8 Å². The van der Waals surface area contributed by atoms with Crippen LogP contribution in [0.4, 0.5) is 14.9 Å². The van der Waals surface area contributed by atoms with E-state index in [2.05, 4.69) is 5.43 Å². The van der Waals surface area contributed by atoms with Crippen LogP contribution in [-0.4, -0.2) is 49.0 Å². The van der Waals surface area contributed by atoms with Gasteiger partial charge in [0.05, 0.1) is 26.3 Å². The summed E-state index contributed by atoms with van der Waals surface area (Å²) in [7, 11) is 2.81. The second-order valence-electron chi connectivity index (χ2n) is 6.53. The number of urea groups is 1. The Kier molecular flexibility index (Phi) is 6.05. The first-order valence-electron chi connectivity index (χ1n) is 9.00. The summed E-state index contributed by atoms with van der Waals surface area (Å²) in [6, 6.07) is 6.66. The summed E-state index contributed by atoms with van der Waals surface area (Å²) in [6.45, 7) is 0. The van der Waals surface area contributed by atoms with Crippen LogP contribution in [0.15, 0.2) is 42.5 Å². The molecular weight excluding hydrogens is 411 g/mol. The van der Waals surface area contributed by atoms with E-state index in [0.717, 1.165) is 22.0 Å². The van der Waals surface area contributed by atoms with Crippen LogP contribution in [0, 0.1) is 5.82 Å². The zero-order chi connectivity index (χ0) is 22.7. The third kappa shape index (κ3) is 4.39. The lowest BCUT2D eigenvalue weighted by molar-refractivity contribution is -0.125. The molecule has 3 N–H and O–H groups in total. The summed E-state index contributed by atoms with van der Waals surface area (Å²) in [6.07, 6.45) is -0.524. The van der Waals surface area contributed by atoms with E-state index in [1.54, 1.807) is 6.07 Å². The van der Waals surface area contributed by atoms with Crippen molar-refractivity contribution < 1.29 is 33.0 Å². The minimum atomic E-state index is -1.37. The number of anilines is 1. The number of amides is 5. The molecule has 5 amide bonds. The van der Waals surface area contributed by atoms with Crippen LogP contribution in [0.2, 0.25) is 0 Å². The molecule has 10 nitrogen and oxygen atoms in total. The highest BCUT2D eigenvalue weighted by Gasteiger charge is 2.47. The van der Waals surface area contributed by atoms with Gasteiger partial charge in [-0.1, -0.05) is 0 Å². The van der Waals surface area contributed by atoms with Gasteiger partial charge in [0, 0.05) is 11.6 Å². The Labute approximate surface area is 176 Å². The number of rotatable bonds is 7. The smallest absolute Gasteiger partial charge is 0.350 e. The number of nitrogens with one attached hydrogen (secondary N) is 1. The third-order valence-electron chi connectivity index (χ3n) is 4.53. The minimum absolute atomic E-state index is 0.0747. The molecule has 0 radical (unpaired) electrons. The molecule has 1 fully saturated rings. The van der Waals surface area contributed by atoms with Gasteiger partial charge in [0.15, 0.2) is 0 Å². The fraction of sp³-hybridized carbons (Fsp3) is 0.200. The molecule has 0 spiro atoms. The SMILES string of the molecule is COc1cc(OC)cc(C(=O)NN2C(=O)N(c3ccc(F)cc3)C(=O)[C@@H]2CC(N)=O)c1. The molecule has 11 heteroatoms. The van der Waals surface area contributed by atoms with Gasteiger partial charge in [0.1, 0.15) is 23.4 Å². The number of nitrogens with zero attached hydrogens (tertiary/aromatic N) is 2. The molecule has 0 bridgehead atoms. The van der Waals surface area contributed by atoms with Gasteiger partial charge < -0.3 is 15.2 Å². The fourth-order valence-corrected chi connectivity index (χ4v) is 3.03. The number of nitrogens with two attached hydrogens (primary N) is 1. The van der Waals surface area contributed by atoms with Crippen LogP contribution in [0.1, 0.15) is 16.8 Å². The average molecular weight is 430 g/mol. The van der Waals surface area contributed by atoms with Crippen molar-refractivity contribution in [2.45, 2.75) is 12.5 Å². The largest absolute Gasteiger partial charge is 0.497 e. The van der Waals surface area contributed by atoms with E-state index < -0.39 is 42.0 Å². The Hall–Kier alpha value is -4.15. The van der Waals surface area contributed by atoms with Crippen molar-refractivity contribution in [1.82, 2.24) is 10.4 Å². The number of hydrogen-bond donors (Lipinski definition) is 2. The Morgan fingerprint density at radius 3 is 2.16 bits per heavy atom. The first-order valence-corrected chi connectivity index (χ1v) is 9.00. The van der Waals surface area contributed by atoms with E-state index in [0.29, 0.717) is 11.5 Å². The average Bonchev–Trinajstić information content (AvgIpc) is 2.97. The number of ether oxygens (including phenoxy) is 2.